The molecule has 0 bridgehead atoms. The molecule has 1 heterocycles. The first-order valence-electron chi connectivity index (χ1n) is 8.34. The van der Waals surface area contributed by atoms with Crippen molar-refractivity contribution in [2.24, 2.45) is 0 Å². The van der Waals surface area contributed by atoms with E-state index in [2.05, 4.69) is 11.6 Å². The molecule has 0 N–H and O–H groups in total. The minimum atomic E-state index is -4.63. The van der Waals surface area contributed by atoms with Crippen molar-refractivity contribution in [2.45, 2.75) is 17.6 Å². The fraction of sp³-hybridized carbons (Fsp3) is 0.150. The molecule has 0 amide bonds. The summed E-state index contributed by atoms with van der Waals surface area (Å²) < 4.78 is 66.1. The predicted octanol–water partition coefficient (Wildman–Crippen LogP) is 4.63. The molecular formula is C20H17F3N2O2S. The molecule has 8 heteroatoms. The summed E-state index contributed by atoms with van der Waals surface area (Å²) in [5, 5.41) is 0.843. The number of alkyl halides is 3. The normalized spacial score (nSPS) is 12.4. The third-order valence-electron chi connectivity index (χ3n) is 4.19. The van der Waals surface area contributed by atoms with Crippen LogP contribution in [-0.2, 0) is 22.7 Å². The Labute approximate surface area is 161 Å². The van der Waals surface area contributed by atoms with Crippen LogP contribution in [0.4, 0.5) is 13.2 Å². The van der Waals surface area contributed by atoms with E-state index < -0.39 is 26.7 Å². The Kier molecular flexibility index (Phi) is 5.53. The molecule has 1 aromatic heterocycles. The first kappa shape index (κ1) is 20.0. The van der Waals surface area contributed by atoms with Crippen LogP contribution in [0.5, 0.6) is 0 Å². The number of hydrogen-bond acceptors (Lipinski definition) is 3. The minimum Gasteiger partial charge on any atom is -0.256 e. The Morgan fingerprint density at radius 1 is 1.07 bits per heavy atom. The number of para-hydroxylation sites is 1. The molecule has 28 heavy (non-hydrogen) atoms. The van der Waals surface area contributed by atoms with Crippen LogP contribution in [0.2, 0.25) is 0 Å². The maximum atomic E-state index is 13.0. The summed E-state index contributed by atoms with van der Waals surface area (Å²) in [5.74, 6) is 0. The summed E-state index contributed by atoms with van der Waals surface area (Å²) in [5.41, 5.74) is 0.271. The molecule has 0 spiro atoms. The van der Waals surface area contributed by atoms with E-state index >= 15 is 0 Å². The van der Waals surface area contributed by atoms with Gasteiger partial charge in [0.1, 0.15) is 0 Å². The van der Waals surface area contributed by atoms with Gasteiger partial charge in [-0.15, -0.1) is 6.58 Å². The second-order valence-corrected chi connectivity index (χ2v) is 8.04. The highest BCUT2D eigenvalue weighted by atomic mass is 32.2. The van der Waals surface area contributed by atoms with Gasteiger partial charge >= 0.3 is 6.18 Å². The lowest BCUT2D eigenvalue weighted by Crippen LogP contribution is -2.31. The second kappa shape index (κ2) is 7.73. The quantitative estimate of drug-likeness (QED) is 0.561. The molecule has 4 nitrogen and oxygen atoms in total. The van der Waals surface area contributed by atoms with Gasteiger partial charge in [0, 0.05) is 24.7 Å². The van der Waals surface area contributed by atoms with Gasteiger partial charge in [0.25, 0.3) is 0 Å². The Balaban J connectivity index is 2.03. The maximum absolute atomic E-state index is 13.0. The van der Waals surface area contributed by atoms with Crippen LogP contribution in [0.1, 0.15) is 11.1 Å². The Morgan fingerprint density at radius 2 is 1.79 bits per heavy atom. The zero-order chi connectivity index (χ0) is 20.4. The predicted molar refractivity (Wildman–Crippen MR) is 101 cm³/mol. The van der Waals surface area contributed by atoms with Crippen molar-refractivity contribution in [3.05, 3.63) is 84.6 Å². The average Bonchev–Trinajstić information content (AvgIpc) is 2.67. The smallest absolute Gasteiger partial charge is 0.256 e. The van der Waals surface area contributed by atoms with Crippen LogP contribution in [0, 0.1) is 0 Å². The Morgan fingerprint density at radius 3 is 2.50 bits per heavy atom. The number of sulfonamides is 1. The summed E-state index contributed by atoms with van der Waals surface area (Å²) in [4.78, 5) is 3.88. The third-order valence-corrected chi connectivity index (χ3v) is 6.00. The lowest BCUT2D eigenvalue weighted by Gasteiger charge is -2.22. The van der Waals surface area contributed by atoms with E-state index in [1.54, 1.807) is 24.4 Å². The van der Waals surface area contributed by atoms with Gasteiger partial charge in [0.15, 0.2) is 0 Å². The zero-order valence-corrected chi connectivity index (χ0v) is 15.5. The van der Waals surface area contributed by atoms with Crippen molar-refractivity contribution >= 4 is 20.9 Å². The van der Waals surface area contributed by atoms with Crippen LogP contribution in [-0.4, -0.2) is 24.3 Å². The number of aromatic nitrogens is 1. The van der Waals surface area contributed by atoms with E-state index in [1.165, 1.54) is 6.08 Å². The monoisotopic (exact) mass is 406 g/mol. The molecule has 0 saturated carbocycles. The van der Waals surface area contributed by atoms with Gasteiger partial charge in [-0.3, -0.25) is 4.98 Å². The minimum absolute atomic E-state index is 0.0427. The van der Waals surface area contributed by atoms with Crippen LogP contribution < -0.4 is 0 Å². The Bertz CT molecular complexity index is 1110. The molecule has 0 radical (unpaired) electrons. The van der Waals surface area contributed by atoms with E-state index in [9.17, 15) is 21.6 Å². The highest BCUT2D eigenvalue weighted by Crippen LogP contribution is 2.31. The molecule has 0 fully saturated rings. The number of nitrogens with zero attached hydrogens (tertiary/aromatic N) is 2. The van der Waals surface area contributed by atoms with Crippen molar-refractivity contribution in [1.29, 1.82) is 0 Å². The zero-order valence-electron chi connectivity index (χ0n) is 14.7. The van der Waals surface area contributed by atoms with Gasteiger partial charge in [0.05, 0.1) is 16.0 Å². The molecule has 0 aliphatic rings. The summed E-state index contributed by atoms with van der Waals surface area (Å²) >= 11 is 0. The molecule has 0 saturated heterocycles. The molecule has 3 rings (SSSR count). The van der Waals surface area contributed by atoms with Crippen molar-refractivity contribution in [1.82, 2.24) is 9.29 Å². The molecule has 2 aromatic carbocycles. The van der Waals surface area contributed by atoms with E-state index in [0.717, 1.165) is 27.9 Å². The lowest BCUT2D eigenvalue weighted by atomic mass is 10.1. The molecule has 0 aliphatic heterocycles. The van der Waals surface area contributed by atoms with Gasteiger partial charge in [0.2, 0.25) is 10.0 Å². The highest BCUT2D eigenvalue weighted by Gasteiger charge is 2.33. The first-order valence-corrected chi connectivity index (χ1v) is 9.78. The van der Waals surface area contributed by atoms with E-state index in [-0.39, 0.29) is 13.1 Å². The standard InChI is InChI=1S/C20H17F3N2O2S/c1-2-12-25(14-16-7-3-6-15-8-5-11-24-19(15)16)28(26,27)18-10-4-9-17(13-18)20(21,22)23/h2-11,13H,1,12,14H2. The van der Waals surface area contributed by atoms with Crippen LogP contribution in [0.3, 0.4) is 0 Å². The van der Waals surface area contributed by atoms with Crippen LogP contribution >= 0.6 is 0 Å². The topological polar surface area (TPSA) is 50.3 Å². The van der Waals surface area contributed by atoms with E-state index in [1.807, 2.05) is 12.1 Å². The van der Waals surface area contributed by atoms with Crippen molar-refractivity contribution in [3.8, 4) is 0 Å². The SMILES string of the molecule is C=CCN(Cc1cccc2cccnc12)S(=O)(=O)c1cccc(C(F)(F)F)c1. The largest absolute Gasteiger partial charge is 0.416 e. The molecule has 0 unspecified atom stereocenters. The average molecular weight is 406 g/mol. The van der Waals surface area contributed by atoms with Crippen molar-refractivity contribution in [2.75, 3.05) is 6.54 Å². The number of fused-ring (bicyclic) bond motifs is 1. The van der Waals surface area contributed by atoms with Crippen LogP contribution in [0.15, 0.2) is 78.3 Å². The third kappa shape index (κ3) is 4.07. The van der Waals surface area contributed by atoms with Gasteiger partial charge in [-0.05, 0) is 29.8 Å². The summed E-state index contributed by atoms with van der Waals surface area (Å²) in [6.07, 6.45) is -1.64. The van der Waals surface area contributed by atoms with Crippen molar-refractivity contribution < 1.29 is 21.6 Å². The van der Waals surface area contributed by atoms with Gasteiger partial charge in [-0.2, -0.15) is 17.5 Å². The molecule has 3 aromatic rings. The number of halogens is 3. The maximum Gasteiger partial charge on any atom is 0.416 e. The number of hydrogen-bond donors (Lipinski definition) is 0. The van der Waals surface area contributed by atoms with Crippen molar-refractivity contribution in [3.63, 3.8) is 0 Å². The molecule has 0 aliphatic carbocycles. The second-order valence-electron chi connectivity index (χ2n) is 6.10. The van der Waals surface area contributed by atoms with E-state index in [0.29, 0.717) is 17.1 Å². The fourth-order valence-electron chi connectivity index (χ4n) is 2.86. The number of benzene rings is 2. The number of pyridine rings is 1. The lowest BCUT2D eigenvalue weighted by molar-refractivity contribution is -0.137. The van der Waals surface area contributed by atoms with Gasteiger partial charge < -0.3 is 0 Å². The van der Waals surface area contributed by atoms with Crippen LogP contribution in [0.25, 0.3) is 10.9 Å². The summed E-state index contributed by atoms with van der Waals surface area (Å²) in [7, 11) is -4.18. The van der Waals surface area contributed by atoms with Gasteiger partial charge in [-0.25, -0.2) is 8.42 Å². The molecule has 146 valence electrons. The number of rotatable bonds is 6. The first-order chi connectivity index (χ1) is 13.2. The van der Waals surface area contributed by atoms with E-state index in [4.69, 9.17) is 0 Å². The fourth-order valence-corrected chi connectivity index (χ4v) is 4.29. The molecular weight excluding hydrogens is 389 g/mol. The Hall–Kier alpha value is -2.71. The molecule has 0 atom stereocenters. The summed E-state index contributed by atoms with van der Waals surface area (Å²) in [6, 6.07) is 12.7. The van der Waals surface area contributed by atoms with Gasteiger partial charge in [-0.1, -0.05) is 36.4 Å². The summed E-state index contributed by atoms with van der Waals surface area (Å²) in [6.45, 7) is 3.47. The highest BCUT2D eigenvalue weighted by molar-refractivity contribution is 7.89.